The standard InChI is InChI=1S/C22H25N5O2S/c1-12-5-6-14-13(9-12)10-18(24-14)20(28)25-15-3-2-4-16(15)26-21(29)22-27-17-7-8-23-11-19(17)30-22/h5-6,9-10,15-16,23-24H,2-4,7-8,11H2,1H3,(H,25,28)(H,26,29)/t15-,16-/m1/s1. The van der Waals surface area contributed by atoms with Crippen LogP contribution < -0.4 is 16.0 Å². The summed E-state index contributed by atoms with van der Waals surface area (Å²) in [5, 5.41) is 11.1. The number of amides is 2. The van der Waals surface area contributed by atoms with Crippen LogP contribution in [0.3, 0.4) is 0 Å². The zero-order valence-corrected chi connectivity index (χ0v) is 17.7. The van der Waals surface area contributed by atoms with Crippen LogP contribution in [0, 0.1) is 6.92 Å². The monoisotopic (exact) mass is 423 g/mol. The summed E-state index contributed by atoms with van der Waals surface area (Å²) < 4.78 is 0. The molecule has 0 radical (unpaired) electrons. The number of thiazole rings is 1. The summed E-state index contributed by atoms with van der Waals surface area (Å²) in [5.41, 5.74) is 3.69. The van der Waals surface area contributed by atoms with E-state index in [4.69, 9.17) is 0 Å². The Balaban J connectivity index is 1.25. The van der Waals surface area contributed by atoms with Crippen LogP contribution in [0.15, 0.2) is 24.3 Å². The van der Waals surface area contributed by atoms with Crippen LogP contribution in [-0.2, 0) is 13.0 Å². The van der Waals surface area contributed by atoms with E-state index in [9.17, 15) is 9.59 Å². The second-order valence-corrected chi connectivity index (χ2v) is 9.26. The lowest BCUT2D eigenvalue weighted by Gasteiger charge is -2.21. The van der Waals surface area contributed by atoms with Gasteiger partial charge in [-0.1, -0.05) is 11.6 Å². The molecule has 1 saturated carbocycles. The number of rotatable bonds is 4. The van der Waals surface area contributed by atoms with Gasteiger partial charge in [0.1, 0.15) is 5.69 Å². The van der Waals surface area contributed by atoms with Gasteiger partial charge in [-0.2, -0.15) is 0 Å². The highest BCUT2D eigenvalue weighted by Crippen LogP contribution is 2.24. The molecule has 0 spiro atoms. The van der Waals surface area contributed by atoms with Gasteiger partial charge in [0.2, 0.25) is 0 Å². The molecule has 2 aliphatic rings. The van der Waals surface area contributed by atoms with E-state index < -0.39 is 0 Å². The lowest BCUT2D eigenvalue weighted by molar-refractivity contribution is 0.0889. The number of aromatic amines is 1. The lowest BCUT2D eigenvalue weighted by Crippen LogP contribution is -2.48. The zero-order chi connectivity index (χ0) is 20.7. The van der Waals surface area contributed by atoms with Crippen molar-refractivity contribution in [1.82, 2.24) is 25.9 Å². The van der Waals surface area contributed by atoms with Crippen LogP contribution in [0.25, 0.3) is 10.9 Å². The van der Waals surface area contributed by atoms with Crippen LogP contribution in [0.2, 0.25) is 0 Å². The fourth-order valence-corrected chi connectivity index (χ4v) is 5.36. The number of nitrogens with zero attached hydrogens (tertiary/aromatic N) is 1. The van der Waals surface area contributed by atoms with Gasteiger partial charge < -0.3 is 20.9 Å². The Morgan fingerprint density at radius 2 is 1.93 bits per heavy atom. The zero-order valence-electron chi connectivity index (χ0n) is 16.9. The minimum absolute atomic E-state index is 0.0767. The van der Waals surface area contributed by atoms with Crippen LogP contribution in [0.5, 0.6) is 0 Å². The van der Waals surface area contributed by atoms with E-state index >= 15 is 0 Å². The number of nitrogens with one attached hydrogen (secondary N) is 4. The van der Waals surface area contributed by atoms with E-state index in [-0.39, 0.29) is 23.9 Å². The predicted molar refractivity (Wildman–Crippen MR) is 117 cm³/mol. The molecule has 0 bridgehead atoms. The van der Waals surface area contributed by atoms with Crippen molar-refractivity contribution in [3.05, 3.63) is 51.1 Å². The summed E-state index contributed by atoms with van der Waals surface area (Å²) in [4.78, 5) is 34.5. The number of carbonyl (C=O) groups is 2. The number of aryl methyl sites for hydroxylation is 1. The molecule has 3 heterocycles. The number of fused-ring (bicyclic) bond motifs is 2. The Bertz CT molecular complexity index is 1090. The van der Waals surface area contributed by atoms with Crippen LogP contribution in [0.4, 0.5) is 0 Å². The molecule has 2 aromatic heterocycles. The average molecular weight is 424 g/mol. The van der Waals surface area contributed by atoms with Crippen molar-refractivity contribution in [3.8, 4) is 0 Å². The Morgan fingerprint density at radius 1 is 1.13 bits per heavy atom. The molecule has 0 saturated heterocycles. The maximum Gasteiger partial charge on any atom is 0.280 e. The maximum atomic E-state index is 12.8. The SMILES string of the molecule is Cc1ccc2[nH]c(C(=O)N[C@@H]3CCC[C@H]3NC(=O)c3nc4c(s3)CNCC4)cc2c1. The highest BCUT2D eigenvalue weighted by Gasteiger charge is 2.31. The first-order valence-corrected chi connectivity index (χ1v) is 11.3. The first-order chi connectivity index (χ1) is 14.6. The van der Waals surface area contributed by atoms with Gasteiger partial charge in [0, 0.05) is 47.4 Å². The Hall–Kier alpha value is -2.71. The second kappa shape index (κ2) is 7.85. The minimum Gasteiger partial charge on any atom is -0.351 e. The number of H-pyrrole nitrogens is 1. The first kappa shape index (κ1) is 19.3. The number of hydrogen-bond acceptors (Lipinski definition) is 5. The normalized spacial score (nSPS) is 20.8. The van der Waals surface area contributed by atoms with Crippen LogP contribution >= 0.6 is 11.3 Å². The second-order valence-electron chi connectivity index (χ2n) is 8.18. The first-order valence-electron chi connectivity index (χ1n) is 10.5. The van der Waals surface area contributed by atoms with Gasteiger partial charge in [-0.3, -0.25) is 9.59 Å². The van der Waals surface area contributed by atoms with E-state index in [1.165, 1.54) is 11.3 Å². The smallest absolute Gasteiger partial charge is 0.280 e. The molecular formula is C22H25N5O2S. The van der Waals surface area contributed by atoms with Crippen LogP contribution in [0.1, 0.15) is 55.7 Å². The van der Waals surface area contributed by atoms with Gasteiger partial charge in [0.25, 0.3) is 11.8 Å². The fourth-order valence-electron chi connectivity index (χ4n) is 4.38. The van der Waals surface area contributed by atoms with E-state index in [1.54, 1.807) is 0 Å². The fraction of sp³-hybridized carbons (Fsp3) is 0.409. The van der Waals surface area contributed by atoms with Crippen molar-refractivity contribution >= 4 is 34.1 Å². The van der Waals surface area contributed by atoms with E-state index in [0.717, 1.165) is 65.8 Å². The summed E-state index contributed by atoms with van der Waals surface area (Å²) in [5.74, 6) is -0.271. The van der Waals surface area contributed by atoms with Crippen molar-refractivity contribution in [3.63, 3.8) is 0 Å². The van der Waals surface area contributed by atoms with E-state index in [0.29, 0.717) is 10.7 Å². The average Bonchev–Trinajstić information content (AvgIpc) is 3.45. The van der Waals surface area contributed by atoms with Crippen molar-refractivity contribution in [1.29, 1.82) is 0 Å². The predicted octanol–water partition coefficient (Wildman–Crippen LogP) is 2.66. The highest BCUT2D eigenvalue weighted by atomic mass is 32.1. The molecule has 156 valence electrons. The Morgan fingerprint density at radius 3 is 2.73 bits per heavy atom. The molecule has 0 unspecified atom stereocenters. The molecule has 5 rings (SSSR count). The van der Waals surface area contributed by atoms with Gasteiger partial charge in [0.15, 0.2) is 5.01 Å². The lowest BCUT2D eigenvalue weighted by atomic mass is 10.1. The molecule has 7 nitrogen and oxygen atoms in total. The summed E-state index contributed by atoms with van der Waals surface area (Å²) in [6.45, 7) is 3.72. The molecule has 1 aliphatic heterocycles. The summed E-state index contributed by atoms with van der Waals surface area (Å²) in [6, 6.07) is 7.80. The number of aromatic nitrogens is 2. The van der Waals surface area contributed by atoms with Crippen molar-refractivity contribution in [2.24, 2.45) is 0 Å². The third-order valence-electron chi connectivity index (χ3n) is 5.97. The summed E-state index contributed by atoms with van der Waals surface area (Å²) in [6.07, 6.45) is 3.55. The molecule has 3 aromatic rings. The van der Waals surface area contributed by atoms with Crippen molar-refractivity contribution < 1.29 is 9.59 Å². The molecule has 4 N–H and O–H groups in total. The van der Waals surface area contributed by atoms with Gasteiger partial charge in [0.05, 0.1) is 5.69 Å². The molecule has 30 heavy (non-hydrogen) atoms. The molecule has 2 amide bonds. The van der Waals surface area contributed by atoms with Gasteiger partial charge in [-0.25, -0.2) is 4.98 Å². The summed E-state index contributed by atoms with van der Waals surface area (Å²) >= 11 is 1.46. The minimum atomic E-state index is -0.137. The molecule has 8 heteroatoms. The van der Waals surface area contributed by atoms with Crippen molar-refractivity contribution in [2.45, 2.75) is 51.2 Å². The molecule has 2 atom stereocenters. The quantitative estimate of drug-likeness (QED) is 0.518. The van der Waals surface area contributed by atoms with Gasteiger partial charge >= 0.3 is 0 Å². The number of carbonyl (C=O) groups excluding carboxylic acids is 2. The van der Waals surface area contributed by atoms with Gasteiger partial charge in [-0.15, -0.1) is 11.3 Å². The van der Waals surface area contributed by atoms with Crippen molar-refractivity contribution in [2.75, 3.05) is 6.54 Å². The topological polar surface area (TPSA) is 98.9 Å². The molecular weight excluding hydrogens is 398 g/mol. The Labute approximate surface area is 178 Å². The largest absolute Gasteiger partial charge is 0.351 e. The highest BCUT2D eigenvalue weighted by molar-refractivity contribution is 7.13. The number of hydrogen-bond donors (Lipinski definition) is 4. The Kier molecular flexibility index (Phi) is 5.04. The molecule has 1 aromatic carbocycles. The molecule has 1 fully saturated rings. The molecule has 1 aliphatic carbocycles. The maximum absolute atomic E-state index is 12.8. The van der Waals surface area contributed by atoms with Crippen LogP contribution in [-0.4, -0.2) is 40.4 Å². The third-order valence-corrected chi connectivity index (χ3v) is 7.06. The van der Waals surface area contributed by atoms with E-state index in [1.807, 2.05) is 25.1 Å². The summed E-state index contributed by atoms with van der Waals surface area (Å²) in [7, 11) is 0. The number of benzene rings is 1. The van der Waals surface area contributed by atoms with E-state index in [2.05, 4.69) is 32.0 Å². The third kappa shape index (κ3) is 3.73. The van der Waals surface area contributed by atoms with Gasteiger partial charge in [-0.05, 0) is 44.4 Å².